The van der Waals surface area contributed by atoms with Gasteiger partial charge < -0.3 is 10.2 Å². The van der Waals surface area contributed by atoms with Gasteiger partial charge in [0, 0.05) is 53.8 Å². The molecule has 3 nitrogen and oxygen atoms in total. The molecule has 0 unspecified atom stereocenters. The smallest absolute Gasteiger partial charge is 0.0418 e. The molecule has 2 aliphatic rings. The van der Waals surface area contributed by atoms with Crippen LogP contribution in [0.25, 0.3) is 0 Å². The summed E-state index contributed by atoms with van der Waals surface area (Å²) in [5.41, 5.74) is 4.62. The quantitative estimate of drug-likeness (QED) is 0.555. The third-order valence-electron chi connectivity index (χ3n) is 5.88. The van der Waals surface area contributed by atoms with Gasteiger partial charge in [-0.25, -0.2) is 0 Å². The van der Waals surface area contributed by atoms with E-state index in [4.69, 9.17) is 0 Å². The number of rotatable bonds is 5. The Morgan fingerprint density at radius 3 is 2.07 bits per heavy atom. The van der Waals surface area contributed by atoms with Crippen LogP contribution in [0.2, 0.25) is 0 Å². The number of nitrogens with zero attached hydrogens (tertiary/aromatic N) is 2. The molecule has 0 saturated carbocycles. The standard InChI is InChI=1S/C22H27Br2N3.2ClH/c1-26(15-17-10-20(23)12-21(24)11-17)16-22(27-8-6-25-7-9-27)13-18-4-2-3-5-19(18)14-22;;/h2-5,10-12,25H,6-9,13-16H2,1H3;2*1H. The van der Waals surface area contributed by atoms with E-state index < -0.39 is 0 Å². The average Bonchev–Trinajstić information content (AvgIpc) is 3.00. The molecular formula is C22H29Br2Cl2N3. The summed E-state index contributed by atoms with van der Waals surface area (Å²) in [4.78, 5) is 5.25. The van der Waals surface area contributed by atoms with Gasteiger partial charge in [-0.15, -0.1) is 24.8 Å². The molecule has 0 spiro atoms. The molecular weight excluding hydrogens is 537 g/mol. The summed E-state index contributed by atoms with van der Waals surface area (Å²) in [7, 11) is 2.27. The van der Waals surface area contributed by atoms with Crippen molar-refractivity contribution in [1.29, 1.82) is 0 Å². The average molecular weight is 566 g/mol. The lowest BCUT2D eigenvalue weighted by Gasteiger charge is -2.45. The highest BCUT2D eigenvalue weighted by Crippen LogP contribution is 2.36. The minimum absolute atomic E-state index is 0. The molecule has 1 saturated heterocycles. The van der Waals surface area contributed by atoms with Gasteiger partial charge in [-0.3, -0.25) is 4.90 Å². The predicted octanol–water partition coefficient (Wildman–Crippen LogP) is 4.93. The highest BCUT2D eigenvalue weighted by Gasteiger charge is 2.43. The van der Waals surface area contributed by atoms with Gasteiger partial charge in [-0.2, -0.15) is 0 Å². The molecule has 7 heteroatoms. The highest BCUT2D eigenvalue weighted by atomic mass is 79.9. The van der Waals surface area contributed by atoms with Crippen molar-refractivity contribution in [3.8, 4) is 0 Å². The normalized spacial score (nSPS) is 18.1. The summed E-state index contributed by atoms with van der Waals surface area (Å²) >= 11 is 7.24. The fourth-order valence-electron chi connectivity index (χ4n) is 4.82. The molecule has 0 amide bonds. The molecule has 1 heterocycles. The Hall–Kier alpha value is -0.140. The molecule has 1 aliphatic heterocycles. The Kier molecular flexibility index (Phi) is 9.48. The Morgan fingerprint density at radius 2 is 1.52 bits per heavy atom. The maximum atomic E-state index is 3.62. The van der Waals surface area contributed by atoms with Crippen LogP contribution in [-0.2, 0) is 19.4 Å². The summed E-state index contributed by atoms with van der Waals surface area (Å²) in [6.45, 7) is 6.53. The Balaban J connectivity index is 0.00000150. The molecule has 2 aromatic carbocycles. The SMILES string of the molecule is CN(Cc1cc(Br)cc(Br)c1)CC1(N2CCNCC2)Cc2ccccc2C1.Cl.Cl. The van der Waals surface area contributed by atoms with Crippen molar-refractivity contribution in [2.24, 2.45) is 0 Å². The van der Waals surface area contributed by atoms with Crippen LogP contribution in [0.5, 0.6) is 0 Å². The summed E-state index contributed by atoms with van der Waals surface area (Å²) in [5.74, 6) is 0. The van der Waals surface area contributed by atoms with Crippen LogP contribution in [0.3, 0.4) is 0 Å². The second-order valence-corrected chi connectivity index (χ2v) is 9.86. The summed E-state index contributed by atoms with van der Waals surface area (Å²) in [6, 6.07) is 15.6. The molecule has 4 rings (SSSR count). The van der Waals surface area contributed by atoms with Crippen molar-refractivity contribution >= 4 is 56.7 Å². The molecule has 0 atom stereocenters. The summed E-state index contributed by atoms with van der Waals surface area (Å²) in [5, 5.41) is 3.52. The molecule has 0 aromatic heterocycles. The van der Waals surface area contributed by atoms with Crippen molar-refractivity contribution < 1.29 is 0 Å². The Bertz CT molecular complexity index is 767. The lowest BCUT2D eigenvalue weighted by molar-refractivity contribution is 0.0486. The third-order valence-corrected chi connectivity index (χ3v) is 6.80. The molecule has 1 aliphatic carbocycles. The van der Waals surface area contributed by atoms with Crippen LogP contribution in [0, 0.1) is 0 Å². The number of nitrogens with one attached hydrogen (secondary N) is 1. The number of fused-ring (bicyclic) bond motifs is 1. The van der Waals surface area contributed by atoms with Gasteiger partial charge in [0.25, 0.3) is 0 Å². The first-order valence-corrected chi connectivity index (χ1v) is 11.3. The van der Waals surface area contributed by atoms with Gasteiger partial charge in [0.1, 0.15) is 0 Å². The zero-order valence-corrected chi connectivity index (χ0v) is 21.5. The molecule has 0 radical (unpaired) electrons. The first-order chi connectivity index (χ1) is 13.0. The number of benzene rings is 2. The summed E-state index contributed by atoms with van der Waals surface area (Å²) in [6.07, 6.45) is 2.32. The monoisotopic (exact) mass is 563 g/mol. The zero-order valence-electron chi connectivity index (χ0n) is 16.7. The number of likely N-dealkylation sites (N-methyl/N-ethyl adjacent to an activating group) is 1. The van der Waals surface area contributed by atoms with E-state index in [0.29, 0.717) is 0 Å². The number of halogens is 4. The van der Waals surface area contributed by atoms with E-state index in [9.17, 15) is 0 Å². The van der Waals surface area contributed by atoms with Crippen molar-refractivity contribution in [3.63, 3.8) is 0 Å². The topological polar surface area (TPSA) is 18.5 Å². The second kappa shape index (κ2) is 10.9. The molecule has 1 N–H and O–H groups in total. The lowest BCUT2D eigenvalue weighted by atomic mass is 9.91. The van der Waals surface area contributed by atoms with E-state index in [1.807, 2.05) is 0 Å². The predicted molar refractivity (Wildman–Crippen MR) is 134 cm³/mol. The first-order valence-electron chi connectivity index (χ1n) is 9.70. The highest BCUT2D eigenvalue weighted by molar-refractivity contribution is 9.11. The van der Waals surface area contributed by atoms with Gasteiger partial charge in [0.2, 0.25) is 0 Å². The van der Waals surface area contributed by atoms with Crippen molar-refractivity contribution in [1.82, 2.24) is 15.1 Å². The second-order valence-electron chi connectivity index (χ2n) is 8.03. The van der Waals surface area contributed by atoms with E-state index in [1.54, 1.807) is 0 Å². The van der Waals surface area contributed by atoms with E-state index in [1.165, 1.54) is 16.7 Å². The van der Waals surface area contributed by atoms with Gasteiger partial charge in [0.05, 0.1) is 0 Å². The van der Waals surface area contributed by atoms with Gasteiger partial charge >= 0.3 is 0 Å². The van der Waals surface area contributed by atoms with Gasteiger partial charge in [-0.1, -0.05) is 56.1 Å². The molecule has 1 fully saturated rings. The molecule has 2 aromatic rings. The maximum Gasteiger partial charge on any atom is 0.0418 e. The van der Waals surface area contributed by atoms with Crippen LogP contribution < -0.4 is 5.32 Å². The van der Waals surface area contributed by atoms with Crippen LogP contribution in [0.15, 0.2) is 51.4 Å². The maximum absolute atomic E-state index is 3.62. The van der Waals surface area contributed by atoms with Crippen LogP contribution in [0.4, 0.5) is 0 Å². The van der Waals surface area contributed by atoms with Crippen molar-refractivity contribution in [2.45, 2.75) is 24.9 Å². The van der Waals surface area contributed by atoms with E-state index in [2.05, 4.69) is 96.5 Å². The zero-order chi connectivity index (χ0) is 18.9. The molecule has 160 valence electrons. The largest absolute Gasteiger partial charge is 0.314 e. The van der Waals surface area contributed by atoms with E-state index >= 15 is 0 Å². The van der Waals surface area contributed by atoms with Crippen molar-refractivity contribution in [3.05, 3.63) is 68.1 Å². The fraction of sp³-hybridized carbons (Fsp3) is 0.455. The number of hydrogen-bond acceptors (Lipinski definition) is 3. The number of piperazine rings is 1. The molecule has 0 bridgehead atoms. The van der Waals surface area contributed by atoms with Crippen LogP contribution in [-0.4, -0.2) is 55.1 Å². The minimum atomic E-state index is 0. The first kappa shape index (κ1) is 25.1. The fourth-order valence-corrected chi connectivity index (χ4v) is 6.21. The van der Waals surface area contributed by atoms with Crippen LogP contribution >= 0.6 is 56.7 Å². The van der Waals surface area contributed by atoms with E-state index in [-0.39, 0.29) is 30.4 Å². The Morgan fingerprint density at radius 1 is 0.966 bits per heavy atom. The van der Waals surface area contributed by atoms with Crippen LogP contribution in [0.1, 0.15) is 16.7 Å². The third kappa shape index (κ3) is 5.97. The Labute approximate surface area is 203 Å². The lowest BCUT2D eigenvalue weighted by Crippen LogP contribution is -2.61. The summed E-state index contributed by atoms with van der Waals surface area (Å²) < 4.78 is 2.26. The minimum Gasteiger partial charge on any atom is -0.314 e. The van der Waals surface area contributed by atoms with Gasteiger partial charge in [-0.05, 0) is 54.8 Å². The van der Waals surface area contributed by atoms with Crippen molar-refractivity contribution in [2.75, 3.05) is 39.8 Å². The number of hydrogen-bond donors (Lipinski definition) is 1. The van der Waals surface area contributed by atoms with Gasteiger partial charge in [0.15, 0.2) is 0 Å². The molecule has 29 heavy (non-hydrogen) atoms. The van der Waals surface area contributed by atoms with E-state index in [0.717, 1.165) is 61.1 Å².